The molecule has 1 N–H and O–H groups in total. The van der Waals surface area contributed by atoms with Gasteiger partial charge in [-0.15, -0.1) is 0 Å². The maximum Gasteiger partial charge on any atom is 0.227 e. The summed E-state index contributed by atoms with van der Waals surface area (Å²) in [5.74, 6) is 1.75. The third-order valence-corrected chi connectivity index (χ3v) is 3.54. The van der Waals surface area contributed by atoms with E-state index >= 15 is 0 Å². The lowest BCUT2D eigenvalue weighted by Gasteiger charge is -2.11. The van der Waals surface area contributed by atoms with Crippen molar-refractivity contribution < 1.29 is 9.47 Å². The number of nitrogens with one attached hydrogen (secondary N) is 1. The summed E-state index contributed by atoms with van der Waals surface area (Å²) in [7, 11) is 3.18. The Balaban J connectivity index is 1.86. The standard InChI is InChI=1S/C17H15ClN4O2/c1-23-14-5-4-12(9-15(14)24-2)21-17-19-8-7-13(22-17)11-3-6-16(18)20-10-11/h3-10H,1-2H3,(H,19,21,22). The van der Waals surface area contributed by atoms with E-state index in [4.69, 9.17) is 21.1 Å². The van der Waals surface area contributed by atoms with Gasteiger partial charge < -0.3 is 14.8 Å². The van der Waals surface area contributed by atoms with Gasteiger partial charge in [0, 0.05) is 29.7 Å². The Morgan fingerprint density at radius 2 is 1.79 bits per heavy atom. The third-order valence-electron chi connectivity index (χ3n) is 3.32. The smallest absolute Gasteiger partial charge is 0.227 e. The molecule has 3 aromatic rings. The molecule has 24 heavy (non-hydrogen) atoms. The first-order chi connectivity index (χ1) is 11.7. The van der Waals surface area contributed by atoms with E-state index in [1.165, 1.54) is 0 Å². The predicted octanol–water partition coefficient (Wildman–Crippen LogP) is 3.95. The molecule has 3 rings (SSSR count). The molecule has 122 valence electrons. The third kappa shape index (κ3) is 3.55. The number of nitrogens with zero attached hydrogens (tertiary/aromatic N) is 3. The SMILES string of the molecule is COc1ccc(Nc2nccc(-c3ccc(Cl)nc3)n2)cc1OC. The summed E-state index contributed by atoms with van der Waals surface area (Å²) >= 11 is 5.81. The van der Waals surface area contributed by atoms with E-state index in [1.807, 2.05) is 30.3 Å². The number of rotatable bonds is 5. The molecular weight excluding hydrogens is 328 g/mol. The summed E-state index contributed by atoms with van der Waals surface area (Å²) in [4.78, 5) is 12.8. The maximum atomic E-state index is 5.81. The van der Waals surface area contributed by atoms with Crippen LogP contribution in [0.2, 0.25) is 5.15 Å². The van der Waals surface area contributed by atoms with Gasteiger partial charge in [-0.1, -0.05) is 11.6 Å². The summed E-state index contributed by atoms with van der Waals surface area (Å²) in [5.41, 5.74) is 2.40. The number of ether oxygens (including phenoxy) is 2. The van der Waals surface area contributed by atoms with Crippen LogP contribution in [-0.2, 0) is 0 Å². The van der Waals surface area contributed by atoms with Crippen LogP contribution in [0.25, 0.3) is 11.3 Å². The molecule has 0 radical (unpaired) electrons. The lowest BCUT2D eigenvalue weighted by atomic mass is 10.2. The Morgan fingerprint density at radius 3 is 2.50 bits per heavy atom. The predicted molar refractivity (Wildman–Crippen MR) is 93.1 cm³/mol. The van der Waals surface area contributed by atoms with Gasteiger partial charge in [0.25, 0.3) is 0 Å². The fourth-order valence-corrected chi connectivity index (χ4v) is 2.26. The zero-order chi connectivity index (χ0) is 16.9. The molecule has 0 amide bonds. The van der Waals surface area contributed by atoms with Crippen LogP contribution in [0.4, 0.5) is 11.6 Å². The van der Waals surface area contributed by atoms with Gasteiger partial charge in [-0.05, 0) is 30.3 Å². The van der Waals surface area contributed by atoms with Crippen molar-refractivity contribution in [2.45, 2.75) is 0 Å². The number of halogens is 1. The van der Waals surface area contributed by atoms with E-state index in [-0.39, 0.29) is 0 Å². The van der Waals surface area contributed by atoms with Gasteiger partial charge in [-0.25, -0.2) is 15.0 Å². The Labute approximate surface area is 144 Å². The van der Waals surface area contributed by atoms with Crippen molar-refractivity contribution in [1.29, 1.82) is 0 Å². The van der Waals surface area contributed by atoms with E-state index in [0.717, 1.165) is 16.9 Å². The summed E-state index contributed by atoms with van der Waals surface area (Å²) in [5, 5.41) is 3.59. The van der Waals surface area contributed by atoms with Crippen LogP contribution in [0.1, 0.15) is 0 Å². The molecule has 2 heterocycles. The van der Waals surface area contributed by atoms with Crippen molar-refractivity contribution in [3.05, 3.63) is 53.9 Å². The number of hydrogen-bond donors (Lipinski definition) is 1. The van der Waals surface area contributed by atoms with Gasteiger partial charge >= 0.3 is 0 Å². The van der Waals surface area contributed by atoms with Gasteiger partial charge in [0.15, 0.2) is 11.5 Å². The average Bonchev–Trinajstić information content (AvgIpc) is 2.62. The summed E-state index contributed by atoms with van der Waals surface area (Å²) < 4.78 is 10.5. The molecule has 0 saturated heterocycles. The zero-order valence-electron chi connectivity index (χ0n) is 13.2. The molecule has 0 unspecified atom stereocenters. The molecule has 6 nitrogen and oxygen atoms in total. The molecule has 0 spiro atoms. The molecule has 0 fully saturated rings. The van der Waals surface area contributed by atoms with E-state index in [1.54, 1.807) is 32.7 Å². The molecule has 2 aromatic heterocycles. The quantitative estimate of drug-likeness (QED) is 0.708. The number of benzene rings is 1. The van der Waals surface area contributed by atoms with Crippen molar-refractivity contribution in [3.8, 4) is 22.8 Å². The number of methoxy groups -OCH3 is 2. The molecule has 0 aliphatic rings. The van der Waals surface area contributed by atoms with Crippen LogP contribution in [0.5, 0.6) is 11.5 Å². The summed E-state index contributed by atoms with van der Waals surface area (Å²) in [6.45, 7) is 0. The monoisotopic (exact) mass is 342 g/mol. The van der Waals surface area contributed by atoms with Crippen molar-refractivity contribution in [2.75, 3.05) is 19.5 Å². The van der Waals surface area contributed by atoms with Crippen molar-refractivity contribution in [2.24, 2.45) is 0 Å². The van der Waals surface area contributed by atoms with Crippen molar-refractivity contribution in [1.82, 2.24) is 15.0 Å². The lowest BCUT2D eigenvalue weighted by molar-refractivity contribution is 0.355. The summed E-state index contributed by atoms with van der Waals surface area (Å²) in [6, 6.07) is 10.9. The lowest BCUT2D eigenvalue weighted by Crippen LogP contribution is -1.99. The fourth-order valence-electron chi connectivity index (χ4n) is 2.15. The van der Waals surface area contributed by atoms with E-state index in [0.29, 0.717) is 22.6 Å². The molecule has 0 aliphatic carbocycles. The van der Waals surface area contributed by atoms with Gasteiger partial charge in [0.05, 0.1) is 19.9 Å². The Morgan fingerprint density at radius 1 is 0.958 bits per heavy atom. The second-order valence-electron chi connectivity index (χ2n) is 4.83. The van der Waals surface area contributed by atoms with Gasteiger partial charge in [0.2, 0.25) is 5.95 Å². The minimum Gasteiger partial charge on any atom is -0.493 e. The Kier molecular flexibility index (Phi) is 4.77. The largest absolute Gasteiger partial charge is 0.493 e. The van der Waals surface area contributed by atoms with Crippen LogP contribution in [0, 0.1) is 0 Å². The molecule has 7 heteroatoms. The summed E-state index contributed by atoms with van der Waals surface area (Å²) in [6.07, 6.45) is 3.35. The van der Waals surface area contributed by atoms with Crippen LogP contribution in [-0.4, -0.2) is 29.2 Å². The van der Waals surface area contributed by atoms with Gasteiger partial charge in [-0.3, -0.25) is 0 Å². The second-order valence-corrected chi connectivity index (χ2v) is 5.22. The van der Waals surface area contributed by atoms with Crippen LogP contribution < -0.4 is 14.8 Å². The molecular formula is C17H15ClN4O2. The van der Waals surface area contributed by atoms with Crippen molar-refractivity contribution >= 4 is 23.2 Å². The first-order valence-corrected chi connectivity index (χ1v) is 7.51. The average molecular weight is 343 g/mol. The topological polar surface area (TPSA) is 69.2 Å². The fraction of sp³-hybridized carbons (Fsp3) is 0.118. The van der Waals surface area contributed by atoms with E-state index in [9.17, 15) is 0 Å². The van der Waals surface area contributed by atoms with Gasteiger partial charge in [0.1, 0.15) is 5.15 Å². The minimum atomic E-state index is 0.441. The molecule has 0 atom stereocenters. The Bertz CT molecular complexity index is 840. The van der Waals surface area contributed by atoms with Crippen LogP contribution in [0.15, 0.2) is 48.8 Å². The van der Waals surface area contributed by atoms with Crippen LogP contribution in [0.3, 0.4) is 0 Å². The number of aromatic nitrogens is 3. The molecule has 0 aliphatic heterocycles. The van der Waals surface area contributed by atoms with Crippen LogP contribution >= 0.6 is 11.6 Å². The highest BCUT2D eigenvalue weighted by molar-refractivity contribution is 6.29. The zero-order valence-corrected chi connectivity index (χ0v) is 13.9. The number of anilines is 2. The van der Waals surface area contributed by atoms with Gasteiger partial charge in [-0.2, -0.15) is 0 Å². The normalized spacial score (nSPS) is 10.3. The van der Waals surface area contributed by atoms with E-state index < -0.39 is 0 Å². The second kappa shape index (κ2) is 7.14. The maximum absolute atomic E-state index is 5.81. The minimum absolute atomic E-state index is 0.441. The highest BCUT2D eigenvalue weighted by Gasteiger charge is 2.07. The molecule has 1 aromatic carbocycles. The molecule has 0 saturated carbocycles. The highest BCUT2D eigenvalue weighted by atomic mass is 35.5. The first kappa shape index (κ1) is 16.0. The highest BCUT2D eigenvalue weighted by Crippen LogP contribution is 2.30. The number of pyridine rings is 1. The van der Waals surface area contributed by atoms with E-state index in [2.05, 4.69) is 20.3 Å². The molecule has 0 bridgehead atoms. The number of hydrogen-bond acceptors (Lipinski definition) is 6. The first-order valence-electron chi connectivity index (χ1n) is 7.13. The van der Waals surface area contributed by atoms with Crippen molar-refractivity contribution in [3.63, 3.8) is 0 Å². The Hall–Kier alpha value is -2.86.